The van der Waals surface area contributed by atoms with E-state index in [1.807, 2.05) is 115 Å². The highest BCUT2D eigenvalue weighted by molar-refractivity contribution is 6.12. The molecule has 0 heterocycles. The van der Waals surface area contributed by atoms with Crippen LogP contribution in [0.5, 0.6) is 0 Å². The van der Waals surface area contributed by atoms with Gasteiger partial charge in [-0.25, -0.2) is 4.79 Å². The number of anilines is 2. The monoisotopic (exact) mass is 694 g/mol. The molecule has 0 spiro atoms. The minimum absolute atomic E-state index is 0.107. The van der Waals surface area contributed by atoms with Crippen molar-refractivity contribution in [2.45, 2.75) is 57.9 Å². The summed E-state index contributed by atoms with van der Waals surface area (Å²) in [4.78, 5) is 41.8. The summed E-state index contributed by atoms with van der Waals surface area (Å²) in [5, 5.41) is 9.58. The van der Waals surface area contributed by atoms with E-state index < -0.39 is 6.04 Å². The van der Waals surface area contributed by atoms with E-state index in [-0.39, 0.29) is 17.7 Å². The fourth-order valence-electron chi connectivity index (χ4n) is 6.17. The average Bonchev–Trinajstić information content (AvgIpc) is 3.19. The Morgan fingerprint density at radius 2 is 1.33 bits per heavy atom. The minimum Gasteiger partial charge on any atom is -0.373 e. The molecule has 0 aliphatic rings. The molecule has 0 saturated heterocycles. The maximum atomic E-state index is 13.8. The third-order valence-electron chi connectivity index (χ3n) is 9.23. The second kappa shape index (κ2) is 19.6. The normalized spacial score (nSPS) is 11.3. The number of ketones is 1. The average molecular weight is 695 g/mol. The van der Waals surface area contributed by atoms with E-state index >= 15 is 0 Å². The summed E-state index contributed by atoms with van der Waals surface area (Å²) in [7, 11) is 1.79. The van der Waals surface area contributed by atoms with Crippen molar-refractivity contribution in [2.24, 2.45) is 0 Å². The summed E-state index contributed by atoms with van der Waals surface area (Å²) in [6.45, 7) is 3.36. The van der Waals surface area contributed by atoms with Crippen molar-refractivity contribution in [1.82, 2.24) is 10.6 Å². The molecule has 0 fully saturated rings. The zero-order valence-electron chi connectivity index (χ0n) is 30.3. The van der Waals surface area contributed by atoms with Crippen LogP contribution in [0.4, 0.5) is 16.2 Å². The van der Waals surface area contributed by atoms with E-state index in [2.05, 4.69) is 22.9 Å². The van der Waals surface area contributed by atoms with Crippen LogP contribution in [0.15, 0.2) is 133 Å². The minimum atomic E-state index is -0.631. The lowest BCUT2D eigenvalue weighted by atomic mass is 9.98. The van der Waals surface area contributed by atoms with Gasteiger partial charge >= 0.3 is 6.03 Å². The van der Waals surface area contributed by atoms with Crippen LogP contribution in [0.3, 0.4) is 0 Å². The van der Waals surface area contributed by atoms with Gasteiger partial charge in [0, 0.05) is 49.1 Å². The fourth-order valence-corrected chi connectivity index (χ4v) is 6.17. The molecule has 0 aromatic heterocycles. The summed E-state index contributed by atoms with van der Waals surface area (Å²) in [6, 6.07) is 41.9. The van der Waals surface area contributed by atoms with Crippen LogP contribution in [0.1, 0.15) is 66.1 Å². The first-order valence-corrected chi connectivity index (χ1v) is 18.4. The second-order valence-corrected chi connectivity index (χ2v) is 13.1. The molecule has 52 heavy (non-hydrogen) atoms. The summed E-state index contributed by atoms with van der Waals surface area (Å²) < 4.78 is 0. The van der Waals surface area contributed by atoms with Gasteiger partial charge in [0.1, 0.15) is 6.04 Å². The molecule has 0 radical (unpaired) electrons. The Bertz CT molecular complexity index is 1880. The predicted molar refractivity (Wildman–Crippen MR) is 213 cm³/mol. The first-order valence-electron chi connectivity index (χ1n) is 18.4. The van der Waals surface area contributed by atoms with Gasteiger partial charge in [-0.3, -0.25) is 14.5 Å². The van der Waals surface area contributed by atoms with E-state index in [1.165, 1.54) is 19.3 Å². The summed E-state index contributed by atoms with van der Waals surface area (Å²) in [6.07, 6.45) is 6.86. The molecule has 268 valence electrons. The Kier molecular flexibility index (Phi) is 14.2. The number of benzene rings is 5. The SMILES string of the molecule is CCCCCCCNC(=O)N(C)c1cccc(-c2ccc(CC(Nc3ccccc3C(=O)c3ccccc3)C(=O)NCCc3ccccc3)cc2)c1. The quantitative estimate of drug-likeness (QED) is 0.0631. The fraction of sp³-hybridized carbons (Fsp3) is 0.267. The molecule has 1 unspecified atom stereocenters. The number of carbonyl (C=O) groups is 3. The Morgan fingerprint density at radius 1 is 0.635 bits per heavy atom. The first-order chi connectivity index (χ1) is 25.4. The number of unbranched alkanes of at least 4 members (excludes halogenated alkanes) is 4. The van der Waals surface area contributed by atoms with Gasteiger partial charge in [0.2, 0.25) is 5.91 Å². The Morgan fingerprint density at radius 3 is 2.08 bits per heavy atom. The van der Waals surface area contributed by atoms with Gasteiger partial charge in [-0.05, 0) is 59.4 Å². The maximum Gasteiger partial charge on any atom is 0.321 e. The number of para-hydroxylation sites is 1. The number of carbonyl (C=O) groups excluding carboxylic acids is 3. The second-order valence-electron chi connectivity index (χ2n) is 13.1. The van der Waals surface area contributed by atoms with Crippen LogP contribution < -0.4 is 20.9 Å². The molecule has 1 atom stereocenters. The van der Waals surface area contributed by atoms with E-state index in [4.69, 9.17) is 0 Å². The zero-order valence-corrected chi connectivity index (χ0v) is 30.3. The number of nitrogens with zero attached hydrogens (tertiary/aromatic N) is 1. The van der Waals surface area contributed by atoms with Crippen molar-refractivity contribution in [3.63, 3.8) is 0 Å². The lowest BCUT2D eigenvalue weighted by Crippen LogP contribution is -2.42. The highest BCUT2D eigenvalue weighted by Gasteiger charge is 2.22. The molecule has 5 aromatic rings. The molecule has 7 nitrogen and oxygen atoms in total. The van der Waals surface area contributed by atoms with E-state index in [1.54, 1.807) is 30.1 Å². The number of hydrogen-bond donors (Lipinski definition) is 3. The number of amides is 3. The number of rotatable bonds is 18. The molecule has 7 heteroatoms. The van der Waals surface area contributed by atoms with E-state index in [0.29, 0.717) is 42.7 Å². The molecule has 5 rings (SSSR count). The Balaban J connectivity index is 1.29. The van der Waals surface area contributed by atoms with Crippen molar-refractivity contribution < 1.29 is 14.4 Å². The van der Waals surface area contributed by atoms with Gasteiger partial charge in [0.25, 0.3) is 0 Å². The van der Waals surface area contributed by atoms with Crippen molar-refractivity contribution in [1.29, 1.82) is 0 Å². The molecular formula is C45H50N4O3. The van der Waals surface area contributed by atoms with Crippen LogP contribution in [0.2, 0.25) is 0 Å². The van der Waals surface area contributed by atoms with Crippen LogP contribution in [0, 0.1) is 0 Å². The van der Waals surface area contributed by atoms with Gasteiger partial charge in [-0.1, -0.05) is 142 Å². The van der Waals surface area contributed by atoms with E-state index in [0.717, 1.165) is 40.8 Å². The maximum absolute atomic E-state index is 13.8. The topological polar surface area (TPSA) is 90.5 Å². The molecular weight excluding hydrogens is 645 g/mol. The number of nitrogens with one attached hydrogen (secondary N) is 3. The molecule has 0 aliphatic heterocycles. The van der Waals surface area contributed by atoms with Crippen LogP contribution in [-0.4, -0.2) is 43.9 Å². The third kappa shape index (κ3) is 10.9. The number of hydrogen-bond acceptors (Lipinski definition) is 4. The highest BCUT2D eigenvalue weighted by Crippen LogP contribution is 2.26. The van der Waals surface area contributed by atoms with Crippen molar-refractivity contribution >= 4 is 29.1 Å². The molecule has 3 N–H and O–H groups in total. The van der Waals surface area contributed by atoms with Crippen molar-refractivity contribution in [3.05, 3.63) is 156 Å². The van der Waals surface area contributed by atoms with Gasteiger partial charge in [0.15, 0.2) is 5.78 Å². The smallest absolute Gasteiger partial charge is 0.321 e. The van der Waals surface area contributed by atoms with Gasteiger partial charge in [0.05, 0.1) is 0 Å². The molecule has 0 bridgehead atoms. The lowest BCUT2D eigenvalue weighted by molar-refractivity contribution is -0.121. The van der Waals surface area contributed by atoms with E-state index in [9.17, 15) is 14.4 Å². The summed E-state index contributed by atoms with van der Waals surface area (Å²) >= 11 is 0. The first kappa shape index (κ1) is 37.6. The largest absolute Gasteiger partial charge is 0.373 e. The number of urea groups is 1. The van der Waals surface area contributed by atoms with Crippen LogP contribution >= 0.6 is 0 Å². The Hall–Kier alpha value is -5.69. The van der Waals surface area contributed by atoms with Gasteiger partial charge in [-0.15, -0.1) is 0 Å². The lowest BCUT2D eigenvalue weighted by Gasteiger charge is -2.22. The van der Waals surface area contributed by atoms with Crippen molar-refractivity contribution in [3.8, 4) is 11.1 Å². The summed E-state index contributed by atoms with van der Waals surface area (Å²) in [5.41, 5.74) is 6.63. The molecule has 5 aromatic carbocycles. The highest BCUT2D eigenvalue weighted by atomic mass is 16.2. The summed E-state index contributed by atoms with van der Waals surface area (Å²) in [5.74, 6) is -0.249. The van der Waals surface area contributed by atoms with Crippen molar-refractivity contribution in [2.75, 3.05) is 30.4 Å². The molecule has 3 amide bonds. The van der Waals surface area contributed by atoms with Gasteiger partial charge < -0.3 is 16.0 Å². The Labute approximate surface area is 308 Å². The predicted octanol–water partition coefficient (Wildman–Crippen LogP) is 9.08. The zero-order chi connectivity index (χ0) is 36.5. The standard InChI is InChI=1S/C45H50N4O3/c1-3-4-5-6-15-30-47-45(52)49(2)39-22-16-21-38(33-39)36-27-25-35(26-28-36)32-42(44(51)46-31-29-34-17-9-7-10-18-34)48-41-24-14-13-23-40(41)43(50)37-19-11-8-12-20-37/h7-14,16-28,33,42,48H,3-6,15,29-32H2,1-2H3,(H,46,51)(H,47,52). The molecule has 0 saturated carbocycles. The van der Waals surface area contributed by atoms with Crippen LogP contribution in [-0.2, 0) is 17.6 Å². The third-order valence-corrected chi connectivity index (χ3v) is 9.23. The molecule has 0 aliphatic carbocycles. The van der Waals surface area contributed by atoms with Crippen LogP contribution in [0.25, 0.3) is 11.1 Å². The van der Waals surface area contributed by atoms with Gasteiger partial charge in [-0.2, -0.15) is 0 Å².